The number of hydrogen-bond acceptors (Lipinski definition) is 3. The molecule has 2 saturated heterocycles. The summed E-state index contributed by atoms with van der Waals surface area (Å²) in [6.07, 6.45) is 8.16. The van der Waals surface area contributed by atoms with Crippen LogP contribution in [0.3, 0.4) is 0 Å². The molecule has 0 aromatic carbocycles. The summed E-state index contributed by atoms with van der Waals surface area (Å²) in [5, 5.41) is 3.73. The number of amides is 1. The van der Waals surface area contributed by atoms with Gasteiger partial charge in [-0.05, 0) is 69.6 Å². The molecule has 3 aliphatic rings. The maximum absolute atomic E-state index is 13.1. The minimum atomic E-state index is -1.68. The van der Waals surface area contributed by atoms with E-state index in [0.717, 1.165) is 64.6 Å². The van der Waals surface area contributed by atoms with Crippen molar-refractivity contribution in [2.45, 2.75) is 96.0 Å². The fourth-order valence-electron chi connectivity index (χ4n) is 4.63. The monoisotopic (exact) mass is 366 g/mol. The highest BCUT2D eigenvalue weighted by molar-refractivity contribution is 6.74. The van der Waals surface area contributed by atoms with Crippen molar-refractivity contribution in [3.8, 4) is 0 Å². The van der Waals surface area contributed by atoms with Crippen LogP contribution in [0.2, 0.25) is 18.1 Å². The van der Waals surface area contributed by atoms with Crippen molar-refractivity contribution >= 4 is 14.2 Å². The molecule has 144 valence electrons. The molecule has 3 rings (SSSR count). The molecule has 0 bridgehead atoms. The number of hydrogen-bond donors (Lipinski definition) is 1. The molecule has 0 unspecified atom stereocenters. The molecule has 4 nitrogen and oxygen atoms in total. The maximum atomic E-state index is 13.1. The summed E-state index contributed by atoms with van der Waals surface area (Å²) in [4.78, 5) is 15.3. The summed E-state index contributed by atoms with van der Waals surface area (Å²) in [7, 11) is -1.68. The Hall–Kier alpha value is -0.393. The number of rotatable bonds is 3. The molecule has 1 aliphatic carbocycles. The lowest BCUT2D eigenvalue weighted by Gasteiger charge is -2.42. The van der Waals surface area contributed by atoms with Gasteiger partial charge in [0.1, 0.15) is 0 Å². The lowest BCUT2D eigenvalue weighted by atomic mass is 9.79. The third-order valence-corrected chi connectivity index (χ3v) is 11.9. The summed E-state index contributed by atoms with van der Waals surface area (Å²) in [5.41, 5.74) is -0.0766. The highest BCUT2D eigenvalue weighted by atomic mass is 28.4. The van der Waals surface area contributed by atoms with Gasteiger partial charge in [0.15, 0.2) is 8.32 Å². The number of piperidine rings is 1. The first kappa shape index (κ1) is 19.4. The van der Waals surface area contributed by atoms with Gasteiger partial charge in [0.2, 0.25) is 5.91 Å². The molecule has 1 atom stereocenters. The van der Waals surface area contributed by atoms with E-state index in [9.17, 15) is 4.79 Å². The first-order valence-corrected chi connectivity index (χ1v) is 13.3. The largest absolute Gasteiger partial charge is 0.414 e. The average Bonchev–Trinajstić information content (AvgIpc) is 2.84. The maximum Gasteiger partial charge on any atom is 0.230 e. The van der Waals surface area contributed by atoms with Gasteiger partial charge in [-0.2, -0.15) is 0 Å². The van der Waals surface area contributed by atoms with Crippen LogP contribution in [-0.4, -0.2) is 50.9 Å². The minimum Gasteiger partial charge on any atom is -0.414 e. The molecule has 25 heavy (non-hydrogen) atoms. The summed E-state index contributed by atoms with van der Waals surface area (Å²) in [5.74, 6) is 0.438. The third-order valence-electron chi connectivity index (χ3n) is 7.37. The van der Waals surface area contributed by atoms with Crippen molar-refractivity contribution < 1.29 is 9.22 Å². The van der Waals surface area contributed by atoms with Gasteiger partial charge in [-0.3, -0.25) is 4.79 Å². The van der Waals surface area contributed by atoms with Gasteiger partial charge in [0, 0.05) is 25.2 Å². The van der Waals surface area contributed by atoms with Gasteiger partial charge >= 0.3 is 0 Å². The molecule has 1 N–H and O–H groups in total. The quantitative estimate of drug-likeness (QED) is 0.770. The van der Waals surface area contributed by atoms with Crippen LogP contribution in [-0.2, 0) is 9.22 Å². The Labute approximate surface area is 155 Å². The lowest BCUT2D eigenvalue weighted by Crippen LogP contribution is -2.49. The first-order valence-electron chi connectivity index (χ1n) is 10.3. The number of likely N-dealkylation sites (tertiary alicyclic amines) is 1. The molecule has 1 amide bonds. The Balaban J connectivity index is 1.54. The number of nitrogens with one attached hydrogen (secondary N) is 1. The molecule has 1 spiro atoms. The van der Waals surface area contributed by atoms with Gasteiger partial charge in [0.05, 0.1) is 5.41 Å². The van der Waals surface area contributed by atoms with Gasteiger partial charge in [0.25, 0.3) is 0 Å². The zero-order valence-electron chi connectivity index (χ0n) is 17.0. The molecule has 3 fully saturated rings. The molecule has 2 aliphatic heterocycles. The molecular formula is C20H38N2O2Si. The second-order valence-electron chi connectivity index (χ2n) is 10.1. The van der Waals surface area contributed by atoms with Crippen molar-refractivity contribution in [1.82, 2.24) is 10.2 Å². The summed E-state index contributed by atoms with van der Waals surface area (Å²) in [6, 6.07) is 0.452. The Morgan fingerprint density at radius 1 is 1.16 bits per heavy atom. The smallest absolute Gasteiger partial charge is 0.230 e. The van der Waals surface area contributed by atoms with Crippen molar-refractivity contribution in [2.75, 3.05) is 19.6 Å². The van der Waals surface area contributed by atoms with Gasteiger partial charge < -0.3 is 14.6 Å². The Morgan fingerprint density at radius 3 is 2.40 bits per heavy atom. The highest BCUT2D eigenvalue weighted by Crippen LogP contribution is 2.42. The SMILES string of the molecule is CC(C)(C)[Si](C)(C)OC1CCC(N2CC[C@]3(CCCNC3)C2=O)CC1. The van der Waals surface area contributed by atoms with Crippen LogP contribution in [0.15, 0.2) is 0 Å². The zero-order valence-corrected chi connectivity index (χ0v) is 18.0. The van der Waals surface area contributed by atoms with E-state index in [1.807, 2.05) is 0 Å². The van der Waals surface area contributed by atoms with E-state index < -0.39 is 8.32 Å². The standard InChI is InChI=1S/C20H38N2O2Si/c1-19(2,3)25(4,5)24-17-9-7-16(8-10-17)22-14-12-20(18(22)23)11-6-13-21-15-20/h16-17,21H,6-15H2,1-5H3/t16?,17?,20-/m0/s1. The molecule has 1 saturated carbocycles. The first-order chi connectivity index (χ1) is 11.6. The van der Waals surface area contributed by atoms with Crippen LogP contribution in [0.25, 0.3) is 0 Å². The van der Waals surface area contributed by atoms with E-state index in [1.165, 1.54) is 0 Å². The van der Waals surface area contributed by atoms with Gasteiger partial charge in [-0.15, -0.1) is 0 Å². The van der Waals surface area contributed by atoms with E-state index in [4.69, 9.17) is 4.43 Å². The fraction of sp³-hybridized carbons (Fsp3) is 0.950. The van der Waals surface area contributed by atoms with Crippen LogP contribution in [0.5, 0.6) is 0 Å². The Kier molecular flexibility index (Phi) is 5.40. The number of carbonyl (C=O) groups excluding carboxylic acids is 1. The van der Waals surface area contributed by atoms with E-state index in [-0.39, 0.29) is 10.5 Å². The van der Waals surface area contributed by atoms with Crippen molar-refractivity contribution in [3.63, 3.8) is 0 Å². The van der Waals surface area contributed by atoms with E-state index >= 15 is 0 Å². The molecule has 2 heterocycles. The minimum absolute atomic E-state index is 0.0766. The normalized spacial score (nSPS) is 34.8. The number of nitrogens with zero attached hydrogens (tertiary/aromatic N) is 1. The van der Waals surface area contributed by atoms with Gasteiger partial charge in [-0.25, -0.2) is 0 Å². The molecule has 0 aromatic heterocycles. The van der Waals surface area contributed by atoms with Crippen LogP contribution in [0, 0.1) is 5.41 Å². The van der Waals surface area contributed by atoms with Crippen LogP contribution in [0.4, 0.5) is 0 Å². The van der Waals surface area contributed by atoms with Gasteiger partial charge in [-0.1, -0.05) is 20.8 Å². The Bertz CT molecular complexity index is 486. The fourth-order valence-corrected chi connectivity index (χ4v) is 6.05. The van der Waals surface area contributed by atoms with E-state index in [2.05, 4.69) is 44.1 Å². The topological polar surface area (TPSA) is 41.6 Å². The zero-order chi connectivity index (χ0) is 18.3. The number of carbonyl (C=O) groups is 1. The summed E-state index contributed by atoms with van der Waals surface area (Å²) < 4.78 is 6.62. The average molecular weight is 367 g/mol. The van der Waals surface area contributed by atoms with E-state index in [0.29, 0.717) is 18.1 Å². The van der Waals surface area contributed by atoms with Crippen LogP contribution in [0.1, 0.15) is 65.7 Å². The highest BCUT2D eigenvalue weighted by Gasteiger charge is 2.49. The molecule has 0 radical (unpaired) electrons. The molecule has 0 aromatic rings. The van der Waals surface area contributed by atoms with Crippen molar-refractivity contribution in [1.29, 1.82) is 0 Å². The third kappa shape index (κ3) is 3.84. The van der Waals surface area contributed by atoms with Crippen LogP contribution < -0.4 is 5.32 Å². The predicted octanol–water partition coefficient (Wildman–Crippen LogP) is 3.92. The molecule has 5 heteroatoms. The van der Waals surface area contributed by atoms with Crippen molar-refractivity contribution in [2.24, 2.45) is 5.41 Å². The predicted molar refractivity (Wildman–Crippen MR) is 105 cm³/mol. The second kappa shape index (κ2) is 6.97. The van der Waals surface area contributed by atoms with Crippen LogP contribution >= 0.6 is 0 Å². The lowest BCUT2D eigenvalue weighted by molar-refractivity contribution is -0.139. The summed E-state index contributed by atoms with van der Waals surface area (Å²) in [6.45, 7) is 14.6. The molecular weight excluding hydrogens is 328 g/mol. The Morgan fingerprint density at radius 2 is 1.84 bits per heavy atom. The second-order valence-corrected chi connectivity index (χ2v) is 14.9. The summed E-state index contributed by atoms with van der Waals surface area (Å²) >= 11 is 0. The van der Waals surface area contributed by atoms with Crippen molar-refractivity contribution in [3.05, 3.63) is 0 Å². The van der Waals surface area contributed by atoms with E-state index in [1.54, 1.807) is 0 Å².